The fraction of sp³-hybridized carbons (Fsp3) is 0.429. The van der Waals surface area contributed by atoms with Gasteiger partial charge in [0, 0.05) is 13.2 Å². The van der Waals surface area contributed by atoms with Crippen LogP contribution in [0.3, 0.4) is 0 Å². The first-order valence-corrected chi connectivity index (χ1v) is 6.75. The molecule has 0 saturated carbocycles. The van der Waals surface area contributed by atoms with E-state index >= 15 is 0 Å². The summed E-state index contributed by atoms with van der Waals surface area (Å²) in [6, 6.07) is 2.63. The summed E-state index contributed by atoms with van der Waals surface area (Å²) in [6.07, 6.45) is 2.96. The average molecular weight is 296 g/mol. The molecular formula is C14H17FN2O4. The molecule has 1 saturated heterocycles. The lowest BCUT2D eigenvalue weighted by atomic mass is 10.1. The highest BCUT2D eigenvalue weighted by Gasteiger charge is 2.16. The summed E-state index contributed by atoms with van der Waals surface area (Å²) in [5.74, 6) is -1.98. The molecule has 0 spiro atoms. The Labute approximate surface area is 121 Å². The van der Waals surface area contributed by atoms with Crippen molar-refractivity contribution in [2.24, 2.45) is 0 Å². The number of urea groups is 1. The van der Waals surface area contributed by atoms with Gasteiger partial charge in [-0.2, -0.15) is 0 Å². The number of carbonyl (C=O) groups is 2. The van der Waals surface area contributed by atoms with Crippen LogP contribution in [0.4, 0.5) is 14.9 Å². The highest BCUT2D eigenvalue weighted by molar-refractivity contribution is 5.99. The van der Waals surface area contributed by atoms with Gasteiger partial charge in [-0.05, 0) is 37.5 Å². The molecule has 0 aliphatic carbocycles. The molecule has 1 unspecified atom stereocenters. The predicted molar refractivity (Wildman–Crippen MR) is 74.0 cm³/mol. The average Bonchev–Trinajstić information content (AvgIpc) is 2.48. The Balaban J connectivity index is 1.91. The fourth-order valence-electron chi connectivity index (χ4n) is 2.14. The van der Waals surface area contributed by atoms with Gasteiger partial charge in [0.25, 0.3) is 0 Å². The molecule has 1 aliphatic rings. The number of halogens is 1. The third kappa shape index (κ3) is 4.42. The summed E-state index contributed by atoms with van der Waals surface area (Å²) in [5, 5.41) is 14.0. The molecule has 1 aliphatic heterocycles. The molecule has 1 aromatic carbocycles. The number of aromatic carboxylic acids is 1. The first-order chi connectivity index (χ1) is 10.1. The topological polar surface area (TPSA) is 87.7 Å². The summed E-state index contributed by atoms with van der Waals surface area (Å²) in [4.78, 5) is 22.8. The van der Waals surface area contributed by atoms with Crippen LogP contribution in [0, 0.1) is 5.82 Å². The smallest absolute Gasteiger partial charge is 0.337 e. The van der Waals surface area contributed by atoms with Crippen molar-refractivity contribution >= 4 is 17.7 Å². The van der Waals surface area contributed by atoms with Crippen molar-refractivity contribution in [3.63, 3.8) is 0 Å². The molecule has 21 heavy (non-hydrogen) atoms. The first-order valence-electron chi connectivity index (χ1n) is 6.75. The molecule has 114 valence electrons. The van der Waals surface area contributed by atoms with E-state index in [9.17, 15) is 14.0 Å². The number of carboxylic acids is 1. The summed E-state index contributed by atoms with van der Waals surface area (Å²) < 4.78 is 18.5. The van der Waals surface area contributed by atoms with E-state index in [-0.39, 0.29) is 17.4 Å². The lowest BCUT2D eigenvalue weighted by molar-refractivity contribution is 0.0187. The largest absolute Gasteiger partial charge is 0.478 e. The van der Waals surface area contributed by atoms with Crippen molar-refractivity contribution in [3.05, 3.63) is 29.6 Å². The van der Waals surface area contributed by atoms with Gasteiger partial charge in [-0.15, -0.1) is 0 Å². The number of hydrogen-bond donors (Lipinski definition) is 3. The maximum Gasteiger partial charge on any atom is 0.337 e. The Morgan fingerprint density at radius 1 is 1.38 bits per heavy atom. The van der Waals surface area contributed by atoms with Gasteiger partial charge in [-0.25, -0.2) is 14.0 Å². The molecule has 1 aromatic rings. The minimum atomic E-state index is -1.31. The lowest BCUT2D eigenvalue weighted by Gasteiger charge is -2.22. The van der Waals surface area contributed by atoms with Crippen molar-refractivity contribution < 1.29 is 23.8 Å². The van der Waals surface area contributed by atoms with E-state index in [0.29, 0.717) is 13.2 Å². The quantitative estimate of drug-likeness (QED) is 0.795. The third-order valence-electron chi connectivity index (χ3n) is 3.22. The van der Waals surface area contributed by atoms with Crippen molar-refractivity contribution in [1.29, 1.82) is 0 Å². The number of anilines is 1. The summed E-state index contributed by atoms with van der Waals surface area (Å²) in [7, 11) is 0. The Morgan fingerprint density at radius 3 is 2.86 bits per heavy atom. The Bertz CT molecular complexity index is 530. The molecule has 3 N–H and O–H groups in total. The predicted octanol–water partition coefficient (Wildman–Crippen LogP) is 2.21. The maximum absolute atomic E-state index is 13.0. The van der Waals surface area contributed by atoms with Gasteiger partial charge in [0.2, 0.25) is 0 Å². The molecule has 2 amide bonds. The van der Waals surface area contributed by atoms with Gasteiger partial charge < -0.3 is 20.5 Å². The highest BCUT2D eigenvalue weighted by Crippen LogP contribution is 2.17. The van der Waals surface area contributed by atoms with Crippen LogP contribution in [0.1, 0.15) is 29.6 Å². The number of nitrogens with one attached hydrogen (secondary N) is 2. The molecule has 1 fully saturated rings. The van der Waals surface area contributed by atoms with Crippen LogP contribution in [-0.2, 0) is 4.74 Å². The van der Waals surface area contributed by atoms with E-state index in [1.54, 1.807) is 0 Å². The highest BCUT2D eigenvalue weighted by atomic mass is 19.1. The number of carbonyl (C=O) groups excluding carboxylic acids is 1. The van der Waals surface area contributed by atoms with Crippen LogP contribution in [0.5, 0.6) is 0 Å². The van der Waals surface area contributed by atoms with Crippen molar-refractivity contribution in [2.75, 3.05) is 18.5 Å². The van der Waals surface area contributed by atoms with Gasteiger partial charge in [0.05, 0.1) is 17.4 Å². The standard InChI is InChI=1S/C14H17FN2O4/c15-9-4-5-12(11(7-9)13(18)19)17-14(20)16-8-10-3-1-2-6-21-10/h4-5,7,10H,1-3,6,8H2,(H,18,19)(H2,16,17,20). The number of benzene rings is 1. The van der Waals surface area contributed by atoms with Crippen molar-refractivity contribution in [3.8, 4) is 0 Å². The van der Waals surface area contributed by atoms with Gasteiger partial charge in [-0.3, -0.25) is 0 Å². The second-order valence-electron chi connectivity index (χ2n) is 4.82. The van der Waals surface area contributed by atoms with Crippen LogP contribution in [0.15, 0.2) is 18.2 Å². The summed E-state index contributed by atoms with van der Waals surface area (Å²) >= 11 is 0. The normalized spacial score (nSPS) is 18.0. The number of hydrogen-bond acceptors (Lipinski definition) is 3. The maximum atomic E-state index is 13.0. The van der Waals surface area contributed by atoms with Crippen molar-refractivity contribution in [2.45, 2.75) is 25.4 Å². The van der Waals surface area contributed by atoms with E-state index < -0.39 is 17.8 Å². The van der Waals surface area contributed by atoms with Crippen LogP contribution < -0.4 is 10.6 Å². The molecule has 0 radical (unpaired) electrons. The minimum Gasteiger partial charge on any atom is -0.478 e. The monoisotopic (exact) mass is 296 g/mol. The summed E-state index contributed by atoms with van der Waals surface area (Å²) in [5.41, 5.74) is -0.245. The second kappa shape index (κ2) is 7.03. The zero-order valence-corrected chi connectivity index (χ0v) is 11.4. The van der Waals surface area contributed by atoms with Gasteiger partial charge in [0.1, 0.15) is 5.82 Å². The van der Waals surface area contributed by atoms with Gasteiger partial charge in [-0.1, -0.05) is 0 Å². The van der Waals surface area contributed by atoms with E-state index in [2.05, 4.69) is 10.6 Å². The zero-order valence-electron chi connectivity index (χ0n) is 11.4. The molecule has 1 heterocycles. The molecule has 0 bridgehead atoms. The lowest BCUT2D eigenvalue weighted by Crippen LogP contribution is -2.38. The number of carboxylic acid groups (broad SMARTS) is 1. The third-order valence-corrected chi connectivity index (χ3v) is 3.22. The molecule has 2 rings (SSSR count). The van der Waals surface area contributed by atoms with Gasteiger partial charge in [0.15, 0.2) is 0 Å². The van der Waals surface area contributed by atoms with E-state index in [4.69, 9.17) is 9.84 Å². The molecule has 7 heteroatoms. The zero-order chi connectivity index (χ0) is 15.2. The van der Waals surface area contributed by atoms with Crippen molar-refractivity contribution in [1.82, 2.24) is 5.32 Å². The molecule has 1 atom stereocenters. The van der Waals surface area contributed by atoms with Gasteiger partial charge >= 0.3 is 12.0 Å². The Hall–Kier alpha value is -2.15. The SMILES string of the molecule is O=C(NCC1CCCCO1)Nc1ccc(F)cc1C(=O)O. The number of amides is 2. The molecular weight excluding hydrogens is 279 g/mol. The summed E-state index contributed by atoms with van der Waals surface area (Å²) in [6.45, 7) is 1.05. The van der Waals surface area contributed by atoms with E-state index in [1.165, 1.54) is 6.07 Å². The minimum absolute atomic E-state index is 0.0170. The number of rotatable bonds is 4. The van der Waals surface area contributed by atoms with E-state index in [0.717, 1.165) is 31.4 Å². The fourth-order valence-corrected chi connectivity index (χ4v) is 2.14. The molecule has 6 nitrogen and oxygen atoms in total. The van der Waals surface area contributed by atoms with E-state index in [1.807, 2.05) is 0 Å². The Kier molecular flexibility index (Phi) is 5.10. The second-order valence-corrected chi connectivity index (χ2v) is 4.82. The van der Waals surface area contributed by atoms with Crippen LogP contribution in [0.25, 0.3) is 0 Å². The molecule has 0 aromatic heterocycles. The first kappa shape index (κ1) is 15.2. The van der Waals surface area contributed by atoms with Crippen LogP contribution in [-0.4, -0.2) is 36.4 Å². The van der Waals surface area contributed by atoms with Crippen LogP contribution >= 0.6 is 0 Å². The number of ether oxygens (including phenoxy) is 1. The van der Waals surface area contributed by atoms with Crippen LogP contribution in [0.2, 0.25) is 0 Å². The Morgan fingerprint density at radius 2 is 2.19 bits per heavy atom.